The van der Waals surface area contributed by atoms with Crippen LogP contribution in [0.1, 0.15) is 11.1 Å². The van der Waals surface area contributed by atoms with Gasteiger partial charge in [0.05, 0.1) is 12.2 Å². The fourth-order valence-electron chi connectivity index (χ4n) is 1.73. The predicted octanol–water partition coefficient (Wildman–Crippen LogP) is 1.52. The van der Waals surface area contributed by atoms with Gasteiger partial charge in [0.2, 0.25) is 5.88 Å². The molecule has 1 aliphatic heterocycles. The highest BCUT2D eigenvalue weighted by Gasteiger charge is 2.14. The van der Waals surface area contributed by atoms with Crippen LogP contribution < -0.4 is 10.2 Å². The minimum atomic E-state index is 0.469. The zero-order valence-corrected chi connectivity index (χ0v) is 9.46. The smallest absolute Gasteiger partial charge is 0.330 e. The van der Waals surface area contributed by atoms with Crippen LogP contribution >= 0.6 is 0 Å². The number of fused-ring (bicyclic) bond motifs is 1. The number of hydrogen-bond donors (Lipinski definition) is 0. The van der Waals surface area contributed by atoms with Crippen LogP contribution in [0.5, 0.6) is 11.6 Å². The first-order chi connectivity index (χ1) is 8.85. The van der Waals surface area contributed by atoms with Crippen molar-refractivity contribution in [2.45, 2.75) is 6.61 Å². The van der Waals surface area contributed by atoms with Crippen molar-refractivity contribution < 1.29 is 9.39 Å². The third kappa shape index (κ3) is 2.06. The normalized spacial score (nSPS) is 12.4. The van der Waals surface area contributed by atoms with Crippen LogP contribution in [0.4, 0.5) is 0 Å². The largest absolute Gasteiger partial charge is 0.439 e. The van der Waals surface area contributed by atoms with Crippen molar-refractivity contribution in [1.29, 1.82) is 5.26 Å². The molecule has 85 valence electrons. The fraction of sp³-hybridized carbons (Fsp3) is 0.0769. The zero-order valence-electron chi connectivity index (χ0n) is 9.46. The molecule has 18 heavy (non-hydrogen) atoms. The molecule has 0 unspecified atom stereocenters. The van der Waals surface area contributed by atoms with Crippen molar-refractivity contribution in [3.05, 3.63) is 47.7 Å². The first-order valence-electron chi connectivity index (χ1n) is 5.47. The number of hydrogen-bond acceptors (Lipinski definition) is 4. The molecule has 1 aliphatic rings. The van der Waals surface area contributed by atoms with Gasteiger partial charge in [0, 0.05) is 12.3 Å². The quantitative estimate of drug-likeness (QED) is 0.740. The molecule has 1 aromatic carbocycles. The number of pyridine rings is 1. The molecule has 0 bridgehead atoms. The molecule has 2 heterocycles. The molecule has 0 spiro atoms. The van der Waals surface area contributed by atoms with Gasteiger partial charge in [-0.3, -0.25) is 0 Å². The van der Waals surface area contributed by atoms with E-state index >= 15 is 0 Å². The standard InChI is InChI=1S/C13H8BN2O2/c15-6-9-1-4-13(16-7-9)18-11-2-3-12-10(5-11)8-17-14-12/h1-5,7H,8H2. The summed E-state index contributed by atoms with van der Waals surface area (Å²) in [5, 5.41) is 8.68. The molecule has 0 aliphatic carbocycles. The summed E-state index contributed by atoms with van der Waals surface area (Å²) in [4.78, 5) is 4.05. The second-order valence-corrected chi connectivity index (χ2v) is 3.89. The van der Waals surface area contributed by atoms with Gasteiger partial charge in [-0.25, -0.2) is 4.98 Å². The van der Waals surface area contributed by atoms with Gasteiger partial charge in [-0.2, -0.15) is 5.26 Å². The molecule has 1 radical (unpaired) electrons. The van der Waals surface area contributed by atoms with Crippen molar-refractivity contribution in [3.63, 3.8) is 0 Å². The number of aromatic nitrogens is 1. The van der Waals surface area contributed by atoms with E-state index in [9.17, 15) is 0 Å². The molecule has 0 saturated carbocycles. The third-order valence-corrected chi connectivity index (χ3v) is 2.65. The molecule has 5 heteroatoms. The Labute approximate surface area is 105 Å². The highest BCUT2D eigenvalue weighted by Crippen LogP contribution is 2.21. The molecule has 1 aromatic heterocycles. The van der Waals surface area contributed by atoms with Crippen LogP contribution in [0.2, 0.25) is 0 Å². The molecule has 0 amide bonds. The second kappa shape index (κ2) is 4.51. The molecule has 0 fully saturated rings. The van der Waals surface area contributed by atoms with E-state index in [1.54, 1.807) is 19.6 Å². The second-order valence-electron chi connectivity index (χ2n) is 3.89. The highest BCUT2D eigenvalue weighted by atomic mass is 16.5. The van der Waals surface area contributed by atoms with Gasteiger partial charge in [0.1, 0.15) is 11.8 Å². The van der Waals surface area contributed by atoms with Crippen molar-refractivity contribution in [2.75, 3.05) is 0 Å². The zero-order chi connectivity index (χ0) is 12.4. The lowest BCUT2D eigenvalue weighted by Gasteiger charge is -2.06. The third-order valence-electron chi connectivity index (χ3n) is 2.65. The molecule has 3 rings (SSSR count). The Hall–Kier alpha value is -2.32. The van der Waals surface area contributed by atoms with Gasteiger partial charge in [0.15, 0.2) is 0 Å². The van der Waals surface area contributed by atoms with E-state index in [0.29, 0.717) is 23.8 Å². The summed E-state index contributed by atoms with van der Waals surface area (Å²) >= 11 is 0. The fourth-order valence-corrected chi connectivity index (χ4v) is 1.73. The van der Waals surface area contributed by atoms with Gasteiger partial charge < -0.3 is 9.39 Å². The van der Waals surface area contributed by atoms with E-state index in [4.69, 9.17) is 14.7 Å². The summed E-state index contributed by atoms with van der Waals surface area (Å²) in [6.07, 6.45) is 1.49. The Kier molecular flexibility index (Phi) is 2.71. The molecule has 0 saturated heterocycles. The summed E-state index contributed by atoms with van der Waals surface area (Å²) in [5.41, 5.74) is 2.69. The van der Waals surface area contributed by atoms with Gasteiger partial charge in [-0.05, 0) is 29.2 Å². The molecule has 0 atom stereocenters. The van der Waals surface area contributed by atoms with E-state index in [1.807, 2.05) is 24.3 Å². The molecule has 0 N–H and O–H groups in total. The number of rotatable bonds is 2. The number of nitrogens with zero attached hydrogens (tertiary/aromatic N) is 2. The van der Waals surface area contributed by atoms with Gasteiger partial charge in [-0.15, -0.1) is 0 Å². The Morgan fingerprint density at radius 1 is 1.33 bits per heavy atom. The minimum Gasteiger partial charge on any atom is -0.439 e. The van der Waals surface area contributed by atoms with E-state index < -0.39 is 0 Å². The lowest BCUT2D eigenvalue weighted by molar-refractivity contribution is 0.344. The Balaban J connectivity index is 1.81. The average Bonchev–Trinajstić information content (AvgIpc) is 2.87. The van der Waals surface area contributed by atoms with E-state index in [0.717, 1.165) is 11.0 Å². The van der Waals surface area contributed by atoms with Crippen LogP contribution in [0.25, 0.3) is 0 Å². The van der Waals surface area contributed by atoms with Crippen LogP contribution in [-0.4, -0.2) is 12.5 Å². The Bertz CT molecular complexity index is 620. The van der Waals surface area contributed by atoms with Crippen molar-refractivity contribution in [3.8, 4) is 17.7 Å². The van der Waals surface area contributed by atoms with Gasteiger partial charge in [0.25, 0.3) is 0 Å². The Morgan fingerprint density at radius 3 is 3.06 bits per heavy atom. The van der Waals surface area contributed by atoms with Crippen molar-refractivity contribution in [2.24, 2.45) is 0 Å². The molecule has 2 aromatic rings. The van der Waals surface area contributed by atoms with E-state index in [1.165, 1.54) is 6.20 Å². The average molecular weight is 235 g/mol. The Morgan fingerprint density at radius 2 is 2.28 bits per heavy atom. The van der Waals surface area contributed by atoms with Gasteiger partial charge >= 0.3 is 7.48 Å². The predicted molar refractivity (Wildman–Crippen MR) is 65.6 cm³/mol. The van der Waals surface area contributed by atoms with Crippen LogP contribution in [0.3, 0.4) is 0 Å². The molecular formula is C13H8BN2O2. The maximum Gasteiger partial charge on any atom is 0.330 e. The minimum absolute atomic E-state index is 0.469. The van der Waals surface area contributed by atoms with Crippen LogP contribution in [0, 0.1) is 11.3 Å². The first-order valence-corrected chi connectivity index (χ1v) is 5.47. The topological polar surface area (TPSA) is 55.1 Å². The number of benzene rings is 1. The lowest BCUT2D eigenvalue weighted by Crippen LogP contribution is -2.10. The summed E-state index contributed by atoms with van der Waals surface area (Å²) < 4.78 is 10.8. The van der Waals surface area contributed by atoms with E-state index in [2.05, 4.69) is 4.98 Å². The van der Waals surface area contributed by atoms with Crippen LogP contribution in [-0.2, 0) is 11.3 Å². The lowest BCUT2D eigenvalue weighted by atomic mass is 9.87. The van der Waals surface area contributed by atoms with Gasteiger partial charge in [-0.1, -0.05) is 6.07 Å². The highest BCUT2D eigenvalue weighted by molar-refractivity contribution is 6.48. The summed E-state index contributed by atoms with van der Waals surface area (Å²) in [6.45, 7) is 0.577. The monoisotopic (exact) mass is 235 g/mol. The summed E-state index contributed by atoms with van der Waals surface area (Å²) in [6, 6.07) is 11.1. The van der Waals surface area contributed by atoms with Crippen molar-refractivity contribution >= 4 is 12.9 Å². The SMILES string of the molecule is N#Cc1ccc(Oc2ccc3c(c2)CO[B]3)nc1. The summed E-state index contributed by atoms with van der Waals surface area (Å²) in [5.74, 6) is 1.18. The maximum atomic E-state index is 8.68. The maximum absolute atomic E-state index is 8.68. The number of ether oxygens (including phenoxy) is 1. The molecular weight excluding hydrogens is 227 g/mol. The van der Waals surface area contributed by atoms with Crippen LogP contribution in [0.15, 0.2) is 36.5 Å². The molecule has 4 nitrogen and oxygen atoms in total. The van der Waals surface area contributed by atoms with Crippen molar-refractivity contribution in [1.82, 2.24) is 4.98 Å². The summed E-state index contributed by atoms with van der Waals surface area (Å²) in [7, 11) is 1.74. The van der Waals surface area contributed by atoms with E-state index in [-0.39, 0.29) is 0 Å². The number of nitriles is 1. The first kappa shape index (κ1) is 10.8.